The second kappa shape index (κ2) is 7.06. The zero-order valence-corrected chi connectivity index (χ0v) is 12.7. The Labute approximate surface area is 118 Å². The van der Waals surface area contributed by atoms with Gasteiger partial charge in [-0.15, -0.1) is 0 Å². The molecular formula is C17H28N2. The fourth-order valence-corrected chi connectivity index (χ4v) is 2.70. The highest BCUT2D eigenvalue weighted by molar-refractivity contribution is 5.29. The molecule has 2 nitrogen and oxygen atoms in total. The number of benzene rings is 1. The van der Waals surface area contributed by atoms with E-state index in [-0.39, 0.29) is 0 Å². The SMILES string of the molecule is CCCNC(CN(C)CC1CC1)c1ccccc1C. The van der Waals surface area contributed by atoms with Gasteiger partial charge in [0.25, 0.3) is 0 Å². The van der Waals surface area contributed by atoms with Crippen molar-refractivity contribution in [2.24, 2.45) is 5.92 Å². The molecule has 0 radical (unpaired) electrons. The zero-order chi connectivity index (χ0) is 13.7. The van der Waals surface area contributed by atoms with Crippen LogP contribution in [0.3, 0.4) is 0 Å². The largest absolute Gasteiger partial charge is 0.309 e. The Kier molecular flexibility index (Phi) is 5.41. The van der Waals surface area contributed by atoms with Crippen molar-refractivity contribution in [3.63, 3.8) is 0 Å². The van der Waals surface area contributed by atoms with Crippen molar-refractivity contribution in [3.05, 3.63) is 35.4 Å². The minimum atomic E-state index is 0.463. The van der Waals surface area contributed by atoms with Gasteiger partial charge in [0.2, 0.25) is 0 Å². The molecule has 0 aliphatic heterocycles. The maximum absolute atomic E-state index is 3.71. The van der Waals surface area contributed by atoms with Crippen molar-refractivity contribution in [1.82, 2.24) is 10.2 Å². The van der Waals surface area contributed by atoms with Crippen LogP contribution < -0.4 is 5.32 Å². The number of likely N-dealkylation sites (N-methyl/N-ethyl adjacent to an activating group) is 1. The molecule has 0 saturated heterocycles. The molecule has 106 valence electrons. The summed E-state index contributed by atoms with van der Waals surface area (Å²) in [4.78, 5) is 2.50. The molecule has 1 aliphatic carbocycles. The average molecular weight is 260 g/mol. The van der Waals surface area contributed by atoms with E-state index in [0.717, 1.165) is 19.0 Å². The number of aryl methyl sites for hydroxylation is 1. The van der Waals surface area contributed by atoms with E-state index in [0.29, 0.717) is 6.04 Å². The van der Waals surface area contributed by atoms with Crippen LogP contribution in [0.1, 0.15) is 43.4 Å². The molecule has 1 aliphatic rings. The predicted molar refractivity (Wildman–Crippen MR) is 82.4 cm³/mol. The van der Waals surface area contributed by atoms with Crippen LogP contribution in [0.25, 0.3) is 0 Å². The van der Waals surface area contributed by atoms with E-state index in [1.165, 1.54) is 36.9 Å². The quantitative estimate of drug-likeness (QED) is 0.771. The summed E-state index contributed by atoms with van der Waals surface area (Å²) in [7, 11) is 2.26. The van der Waals surface area contributed by atoms with Gasteiger partial charge < -0.3 is 10.2 Å². The normalized spacial score (nSPS) is 16.8. The highest BCUT2D eigenvalue weighted by Crippen LogP contribution is 2.30. The minimum absolute atomic E-state index is 0.463. The van der Waals surface area contributed by atoms with Gasteiger partial charge in [0.15, 0.2) is 0 Å². The number of nitrogens with zero attached hydrogens (tertiary/aromatic N) is 1. The van der Waals surface area contributed by atoms with Crippen LogP contribution in [0, 0.1) is 12.8 Å². The molecule has 1 N–H and O–H groups in total. The topological polar surface area (TPSA) is 15.3 Å². The van der Waals surface area contributed by atoms with Gasteiger partial charge in [-0.05, 0) is 56.8 Å². The summed E-state index contributed by atoms with van der Waals surface area (Å²) < 4.78 is 0. The number of nitrogens with one attached hydrogen (secondary N) is 1. The van der Waals surface area contributed by atoms with Crippen LogP contribution in [0.15, 0.2) is 24.3 Å². The van der Waals surface area contributed by atoms with E-state index in [1.807, 2.05) is 0 Å². The number of hydrogen-bond acceptors (Lipinski definition) is 2. The van der Waals surface area contributed by atoms with Gasteiger partial charge in [-0.25, -0.2) is 0 Å². The molecule has 1 saturated carbocycles. The first-order valence-electron chi connectivity index (χ1n) is 7.68. The molecule has 1 fully saturated rings. The van der Waals surface area contributed by atoms with Crippen molar-refractivity contribution in [2.75, 3.05) is 26.7 Å². The van der Waals surface area contributed by atoms with Gasteiger partial charge in [-0.2, -0.15) is 0 Å². The summed E-state index contributed by atoms with van der Waals surface area (Å²) >= 11 is 0. The maximum Gasteiger partial charge on any atom is 0.0451 e. The standard InChI is InChI=1S/C17H28N2/c1-4-11-18-17(13-19(3)12-15-9-10-15)16-8-6-5-7-14(16)2/h5-8,15,17-18H,4,9-13H2,1-3H3. The second-order valence-electron chi connectivity index (χ2n) is 6.03. The van der Waals surface area contributed by atoms with Gasteiger partial charge in [0.1, 0.15) is 0 Å². The Hall–Kier alpha value is -0.860. The first-order chi connectivity index (χ1) is 9.20. The van der Waals surface area contributed by atoms with E-state index < -0.39 is 0 Å². The summed E-state index contributed by atoms with van der Waals surface area (Å²) in [6.45, 7) is 7.92. The molecule has 1 aromatic rings. The molecule has 1 unspecified atom stereocenters. The molecule has 1 aromatic carbocycles. The fourth-order valence-electron chi connectivity index (χ4n) is 2.70. The van der Waals surface area contributed by atoms with Gasteiger partial charge in [0.05, 0.1) is 0 Å². The lowest BCUT2D eigenvalue weighted by Crippen LogP contribution is -2.34. The van der Waals surface area contributed by atoms with E-state index in [1.54, 1.807) is 0 Å². The zero-order valence-electron chi connectivity index (χ0n) is 12.7. The van der Waals surface area contributed by atoms with Crippen LogP contribution in [0.4, 0.5) is 0 Å². The smallest absolute Gasteiger partial charge is 0.0451 e. The van der Waals surface area contributed by atoms with Gasteiger partial charge in [0, 0.05) is 19.1 Å². The predicted octanol–water partition coefficient (Wildman–Crippen LogP) is 3.38. The van der Waals surface area contributed by atoms with Crippen LogP contribution in [0.2, 0.25) is 0 Å². The second-order valence-corrected chi connectivity index (χ2v) is 6.03. The van der Waals surface area contributed by atoms with Gasteiger partial charge in [-0.3, -0.25) is 0 Å². The third-order valence-electron chi connectivity index (χ3n) is 3.97. The number of hydrogen-bond donors (Lipinski definition) is 1. The monoisotopic (exact) mass is 260 g/mol. The summed E-state index contributed by atoms with van der Waals surface area (Å²) in [5.74, 6) is 0.966. The summed E-state index contributed by atoms with van der Waals surface area (Å²) in [5, 5.41) is 3.71. The Morgan fingerprint density at radius 1 is 1.32 bits per heavy atom. The van der Waals surface area contributed by atoms with E-state index in [4.69, 9.17) is 0 Å². The molecule has 19 heavy (non-hydrogen) atoms. The lowest BCUT2D eigenvalue weighted by molar-refractivity contribution is 0.280. The molecule has 1 atom stereocenters. The molecule has 2 rings (SSSR count). The van der Waals surface area contributed by atoms with Gasteiger partial charge in [-0.1, -0.05) is 31.2 Å². The van der Waals surface area contributed by atoms with E-state index >= 15 is 0 Å². The highest BCUT2D eigenvalue weighted by Gasteiger charge is 2.24. The molecular weight excluding hydrogens is 232 g/mol. The molecule has 0 heterocycles. The molecule has 0 bridgehead atoms. The van der Waals surface area contributed by atoms with Crippen molar-refractivity contribution in [3.8, 4) is 0 Å². The first kappa shape index (κ1) is 14.5. The Morgan fingerprint density at radius 2 is 2.05 bits per heavy atom. The van der Waals surface area contributed by atoms with Crippen molar-refractivity contribution in [1.29, 1.82) is 0 Å². The number of rotatable bonds is 8. The highest BCUT2D eigenvalue weighted by atomic mass is 15.1. The molecule has 2 heteroatoms. The third-order valence-corrected chi connectivity index (χ3v) is 3.97. The summed E-state index contributed by atoms with van der Waals surface area (Å²) in [6.07, 6.45) is 4.05. The van der Waals surface area contributed by atoms with Crippen LogP contribution >= 0.6 is 0 Å². The van der Waals surface area contributed by atoms with E-state index in [9.17, 15) is 0 Å². The van der Waals surface area contributed by atoms with Gasteiger partial charge >= 0.3 is 0 Å². The minimum Gasteiger partial charge on any atom is -0.309 e. The third kappa shape index (κ3) is 4.63. The lowest BCUT2D eigenvalue weighted by Gasteiger charge is -2.26. The first-order valence-corrected chi connectivity index (χ1v) is 7.68. The molecule has 0 aromatic heterocycles. The van der Waals surface area contributed by atoms with Crippen molar-refractivity contribution >= 4 is 0 Å². The molecule has 0 spiro atoms. The Balaban J connectivity index is 1.99. The van der Waals surface area contributed by atoms with Crippen molar-refractivity contribution in [2.45, 2.75) is 39.2 Å². The van der Waals surface area contributed by atoms with Crippen LogP contribution in [-0.2, 0) is 0 Å². The van der Waals surface area contributed by atoms with Crippen LogP contribution in [-0.4, -0.2) is 31.6 Å². The molecule has 0 amide bonds. The Morgan fingerprint density at radius 3 is 2.68 bits per heavy atom. The van der Waals surface area contributed by atoms with Crippen molar-refractivity contribution < 1.29 is 0 Å². The lowest BCUT2D eigenvalue weighted by atomic mass is 10.0. The summed E-state index contributed by atoms with van der Waals surface area (Å²) in [5.41, 5.74) is 2.86. The average Bonchev–Trinajstić information content (AvgIpc) is 3.19. The summed E-state index contributed by atoms with van der Waals surface area (Å²) in [6, 6.07) is 9.24. The maximum atomic E-state index is 3.71. The van der Waals surface area contributed by atoms with Crippen LogP contribution in [0.5, 0.6) is 0 Å². The fraction of sp³-hybridized carbons (Fsp3) is 0.647. The van der Waals surface area contributed by atoms with E-state index in [2.05, 4.69) is 55.4 Å². The Bertz CT molecular complexity index is 385.